The standard InChI is InChI=1S/C27H32N4O6S/c1-16(14-33)24(22-13-23(30-37-22)36-12-11-32)27(35)31-10-4-5-21(31)26(34)29-17(2)19-6-8-20(9-7-19)25-18(3)28-15-38-25/h6-9,11,13,15-17,21,24,33H,4-5,10,12,14H2,1-3H3,(H,29,34)/t16?,17-,21?,24-/m0/s1. The quantitative estimate of drug-likeness (QED) is 0.354. The van der Waals surface area contributed by atoms with Gasteiger partial charge in [-0.2, -0.15) is 0 Å². The molecule has 0 spiro atoms. The van der Waals surface area contributed by atoms with Gasteiger partial charge in [-0.05, 0) is 48.9 Å². The average molecular weight is 541 g/mol. The maximum atomic E-state index is 13.7. The van der Waals surface area contributed by atoms with Crippen molar-refractivity contribution in [2.75, 3.05) is 19.8 Å². The van der Waals surface area contributed by atoms with Gasteiger partial charge in [0.2, 0.25) is 11.8 Å². The lowest BCUT2D eigenvalue weighted by Gasteiger charge is -2.30. The Morgan fingerprint density at radius 2 is 2.08 bits per heavy atom. The normalized spacial score (nSPS) is 17.6. The summed E-state index contributed by atoms with van der Waals surface area (Å²) >= 11 is 1.59. The average Bonchev–Trinajstić information content (AvgIpc) is 3.68. The van der Waals surface area contributed by atoms with Crippen LogP contribution in [0.5, 0.6) is 5.88 Å². The third kappa shape index (κ3) is 5.94. The van der Waals surface area contributed by atoms with Crippen LogP contribution in [0.25, 0.3) is 10.4 Å². The zero-order valence-electron chi connectivity index (χ0n) is 21.6. The lowest BCUT2D eigenvalue weighted by Crippen LogP contribution is -2.48. The highest BCUT2D eigenvalue weighted by atomic mass is 32.1. The van der Waals surface area contributed by atoms with Crippen LogP contribution in [0.2, 0.25) is 0 Å². The van der Waals surface area contributed by atoms with E-state index < -0.39 is 17.9 Å². The summed E-state index contributed by atoms with van der Waals surface area (Å²) in [5.41, 5.74) is 4.84. The van der Waals surface area contributed by atoms with Crippen LogP contribution in [-0.4, -0.2) is 64.0 Å². The zero-order valence-corrected chi connectivity index (χ0v) is 22.4. The summed E-state index contributed by atoms with van der Waals surface area (Å²) in [7, 11) is 0. The second-order valence-electron chi connectivity index (χ2n) is 9.49. The molecule has 2 N–H and O–H groups in total. The summed E-state index contributed by atoms with van der Waals surface area (Å²) in [4.78, 5) is 44.5. The molecular weight excluding hydrogens is 508 g/mol. The number of nitrogens with zero attached hydrogens (tertiary/aromatic N) is 3. The molecule has 202 valence electrons. The third-order valence-electron chi connectivity index (χ3n) is 6.85. The predicted octanol–water partition coefficient (Wildman–Crippen LogP) is 3.26. The van der Waals surface area contributed by atoms with Gasteiger partial charge < -0.3 is 24.6 Å². The Morgan fingerprint density at radius 1 is 1.32 bits per heavy atom. The van der Waals surface area contributed by atoms with Crippen LogP contribution in [0, 0.1) is 12.8 Å². The van der Waals surface area contributed by atoms with Crippen molar-refractivity contribution in [1.29, 1.82) is 0 Å². The lowest BCUT2D eigenvalue weighted by molar-refractivity contribution is -0.141. The summed E-state index contributed by atoms with van der Waals surface area (Å²) in [6.07, 6.45) is 1.81. The van der Waals surface area contributed by atoms with E-state index in [1.54, 1.807) is 23.2 Å². The van der Waals surface area contributed by atoms with Crippen molar-refractivity contribution in [3.05, 3.63) is 52.9 Å². The van der Waals surface area contributed by atoms with Gasteiger partial charge >= 0.3 is 0 Å². The largest absolute Gasteiger partial charge is 0.468 e. The number of nitrogens with one attached hydrogen (secondary N) is 1. The van der Waals surface area contributed by atoms with E-state index in [0.717, 1.165) is 21.7 Å². The number of rotatable bonds is 11. The van der Waals surface area contributed by atoms with Crippen LogP contribution in [0.3, 0.4) is 0 Å². The number of ether oxygens (including phenoxy) is 1. The first kappa shape index (κ1) is 27.5. The van der Waals surface area contributed by atoms with E-state index in [1.165, 1.54) is 6.07 Å². The number of aryl methyl sites for hydroxylation is 1. The minimum absolute atomic E-state index is 0.0797. The number of benzene rings is 1. The molecule has 2 unspecified atom stereocenters. The van der Waals surface area contributed by atoms with Crippen molar-refractivity contribution < 1.29 is 28.8 Å². The van der Waals surface area contributed by atoms with Crippen LogP contribution < -0.4 is 10.1 Å². The van der Waals surface area contributed by atoms with Crippen molar-refractivity contribution >= 4 is 29.4 Å². The van der Waals surface area contributed by atoms with Crippen molar-refractivity contribution in [2.24, 2.45) is 5.92 Å². The fourth-order valence-electron chi connectivity index (χ4n) is 4.73. The van der Waals surface area contributed by atoms with Gasteiger partial charge in [0.1, 0.15) is 18.6 Å². The Bertz CT molecular complexity index is 1260. The molecule has 3 aromatic rings. The molecule has 38 heavy (non-hydrogen) atoms. The van der Waals surface area contributed by atoms with Gasteiger partial charge in [0.25, 0.3) is 5.88 Å². The molecule has 4 rings (SSSR count). The second-order valence-corrected chi connectivity index (χ2v) is 10.3. The summed E-state index contributed by atoms with van der Waals surface area (Å²) in [6, 6.07) is 8.59. The summed E-state index contributed by atoms with van der Waals surface area (Å²) < 4.78 is 10.5. The highest BCUT2D eigenvalue weighted by Crippen LogP contribution is 2.33. The number of hydrogen-bond acceptors (Lipinski definition) is 9. The third-order valence-corrected chi connectivity index (χ3v) is 7.83. The first-order valence-electron chi connectivity index (χ1n) is 12.6. The van der Waals surface area contributed by atoms with Crippen molar-refractivity contribution in [3.8, 4) is 16.3 Å². The number of aliphatic hydroxyl groups excluding tert-OH is 1. The number of carbonyl (C=O) groups is 3. The van der Waals surface area contributed by atoms with Crippen LogP contribution in [-0.2, 0) is 14.4 Å². The number of hydrogen-bond donors (Lipinski definition) is 2. The van der Waals surface area contributed by atoms with Crippen LogP contribution >= 0.6 is 11.3 Å². The Balaban J connectivity index is 1.45. The molecule has 1 aliphatic heterocycles. The van der Waals surface area contributed by atoms with Crippen LogP contribution in [0.1, 0.15) is 55.7 Å². The smallest absolute Gasteiger partial charge is 0.254 e. The van der Waals surface area contributed by atoms with Gasteiger partial charge in [-0.3, -0.25) is 14.4 Å². The Morgan fingerprint density at radius 3 is 2.74 bits per heavy atom. The summed E-state index contributed by atoms with van der Waals surface area (Å²) in [5.74, 6) is -1.59. The maximum absolute atomic E-state index is 13.7. The molecule has 0 saturated carbocycles. The van der Waals surface area contributed by atoms with E-state index in [0.29, 0.717) is 25.7 Å². The lowest BCUT2D eigenvalue weighted by atomic mass is 9.90. The van der Waals surface area contributed by atoms with Crippen molar-refractivity contribution in [1.82, 2.24) is 20.4 Å². The minimum atomic E-state index is -0.852. The van der Waals surface area contributed by atoms with Gasteiger partial charge in [-0.1, -0.05) is 31.2 Å². The minimum Gasteiger partial charge on any atom is -0.468 e. The SMILES string of the molecule is Cc1ncsc1-c1ccc([C@H](C)NC(=O)C2CCCN2C(=O)[C@H](c2cc(OCC=O)no2)C(C)CO)cc1. The first-order valence-corrected chi connectivity index (χ1v) is 13.5. The van der Waals surface area contributed by atoms with Crippen LogP contribution in [0.4, 0.5) is 0 Å². The fourth-order valence-corrected chi connectivity index (χ4v) is 5.55. The molecule has 11 heteroatoms. The number of aldehydes is 1. The van der Waals surface area contributed by atoms with Gasteiger partial charge in [-0.25, -0.2) is 4.98 Å². The Hall–Kier alpha value is -3.57. The molecular formula is C27H32N4O6S. The maximum Gasteiger partial charge on any atom is 0.254 e. The van der Waals surface area contributed by atoms with E-state index in [-0.39, 0.29) is 42.7 Å². The van der Waals surface area contributed by atoms with Gasteiger partial charge in [0.15, 0.2) is 12.0 Å². The van der Waals surface area contributed by atoms with E-state index in [9.17, 15) is 19.5 Å². The Kier molecular flexibility index (Phi) is 8.90. The first-order chi connectivity index (χ1) is 18.3. The van der Waals surface area contributed by atoms with Gasteiger partial charge in [0.05, 0.1) is 22.1 Å². The molecule has 1 aliphatic rings. The number of carbonyl (C=O) groups excluding carboxylic acids is 3. The van der Waals surface area contributed by atoms with Crippen molar-refractivity contribution in [3.63, 3.8) is 0 Å². The highest BCUT2D eigenvalue weighted by Gasteiger charge is 2.41. The number of aromatic nitrogens is 2. The number of amides is 2. The van der Waals surface area contributed by atoms with Crippen LogP contribution in [0.15, 0.2) is 40.4 Å². The van der Waals surface area contributed by atoms with E-state index in [4.69, 9.17) is 9.26 Å². The van der Waals surface area contributed by atoms with Gasteiger partial charge in [0, 0.05) is 19.2 Å². The second kappa shape index (κ2) is 12.3. The molecule has 0 aliphatic carbocycles. The molecule has 0 bridgehead atoms. The van der Waals surface area contributed by atoms with Gasteiger partial charge in [-0.15, -0.1) is 11.3 Å². The number of aliphatic hydroxyl groups is 1. The monoisotopic (exact) mass is 540 g/mol. The highest BCUT2D eigenvalue weighted by molar-refractivity contribution is 7.13. The molecule has 1 fully saturated rings. The molecule has 0 radical (unpaired) electrons. The number of thiazole rings is 1. The molecule has 2 aromatic heterocycles. The zero-order chi connectivity index (χ0) is 27.2. The number of likely N-dealkylation sites (tertiary alicyclic amines) is 1. The Labute approximate surface area is 225 Å². The molecule has 3 heterocycles. The molecule has 1 aromatic carbocycles. The molecule has 4 atom stereocenters. The van der Waals surface area contributed by atoms with E-state index in [2.05, 4.69) is 15.5 Å². The predicted molar refractivity (Wildman–Crippen MR) is 141 cm³/mol. The molecule has 2 amide bonds. The molecule has 1 saturated heterocycles. The topological polar surface area (TPSA) is 135 Å². The summed E-state index contributed by atoms with van der Waals surface area (Å²) in [5, 5.41) is 16.7. The summed E-state index contributed by atoms with van der Waals surface area (Å²) in [6.45, 7) is 5.58. The fraction of sp³-hybridized carbons (Fsp3) is 0.444. The molecule has 10 nitrogen and oxygen atoms in total. The van der Waals surface area contributed by atoms with Crippen molar-refractivity contribution in [2.45, 2.75) is 51.6 Å². The van der Waals surface area contributed by atoms with E-state index >= 15 is 0 Å². The van der Waals surface area contributed by atoms with E-state index in [1.807, 2.05) is 43.6 Å².